The highest BCUT2D eigenvalue weighted by Gasteiger charge is 2.13. The summed E-state index contributed by atoms with van der Waals surface area (Å²) < 4.78 is 10.9. The molecule has 0 saturated heterocycles. The van der Waals surface area contributed by atoms with Crippen LogP contribution in [0.2, 0.25) is 5.02 Å². The third-order valence-corrected chi connectivity index (χ3v) is 4.41. The van der Waals surface area contributed by atoms with E-state index in [2.05, 4.69) is 10.3 Å². The predicted octanol–water partition coefficient (Wildman–Crippen LogP) is 5.45. The van der Waals surface area contributed by atoms with Gasteiger partial charge in [-0.2, -0.15) is 0 Å². The first-order chi connectivity index (χ1) is 13.7. The molecule has 4 rings (SSSR count). The van der Waals surface area contributed by atoms with E-state index in [0.717, 1.165) is 16.7 Å². The molecular formula is C22H17ClN2O3. The Bertz CT molecular complexity index is 1110. The molecule has 2 aromatic heterocycles. The first-order valence-corrected chi connectivity index (χ1v) is 9.11. The Labute approximate surface area is 166 Å². The number of pyridine rings is 1. The van der Waals surface area contributed by atoms with Crippen molar-refractivity contribution in [3.63, 3.8) is 0 Å². The van der Waals surface area contributed by atoms with Crippen LogP contribution in [0.1, 0.15) is 21.7 Å². The van der Waals surface area contributed by atoms with Crippen LogP contribution < -0.4 is 5.32 Å². The van der Waals surface area contributed by atoms with Gasteiger partial charge in [-0.05, 0) is 48.0 Å². The van der Waals surface area contributed by atoms with Crippen molar-refractivity contribution in [2.75, 3.05) is 5.32 Å². The molecule has 2 heterocycles. The summed E-state index contributed by atoms with van der Waals surface area (Å²) in [5.74, 6) is 0.504. The van der Waals surface area contributed by atoms with Gasteiger partial charge in [0.2, 0.25) is 0 Å². The van der Waals surface area contributed by atoms with Crippen LogP contribution in [-0.4, -0.2) is 10.9 Å². The molecule has 1 N–H and O–H groups in total. The molecule has 0 radical (unpaired) electrons. The summed E-state index contributed by atoms with van der Waals surface area (Å²) in [6, 6.07) is 18.3. The van der Waals surface area contributed by atoms with Crippen LogP contribution in [0.25, 0.3) is 10.9 Å². The fourth-order valence-corrected chi connectivity index (χ4v) is 3.16. The molecule has 4 aromatic rings. The minimum absolute atomic E-state index is 0.264. The van der Waals surface area contributed by atoms with Crippen molar-refractivity contribution in [3.05, 3.63) is 95.0 Å². The Balaban J connectivity index is 1.48. The van der Waals surface area contributed by atoms with Crippen molar-refractivity contribution in [3.8, 4) is 0 Å². The van der Waals surface area contributed by atoms with E-state index in [4.69, 9.17) is 20.8 Å². The molecule has 0 fully saturated rings. The van der Waals surface area contributed by atoms with E-state index in [-0.39, 0.29) is 5.91 Å². The molecule has 140 valence electrons. The van der Waals surface area contributed by atoms with Crippen LogP contribution in [-0.2, 0) is 18.0 Å². The van der Waals surface area contributed by atoms with E-state index in [0.29, 0.717) is 35.0 Å². The van der Waals surface area contributed by atoms with Crippen molar-refractivity contribution in [1.29, 1.82) is 0 Å². The second kappa shape index (κ2) is 8.25. The SMILES string of the molecule is O=C(Nc1cccc(COCc2ccco2)c1)c1cc(Cl)cc2cccnc12. The summed E-state index contributed by atoms with van der Waals surface area (Å²) >= 11 is 6.16. The number of hydrogen-bond donors (Lipinski definition) is 1. The quantitative estimate of drug-likeness (QED) is 0.474. The van der Waals surface area contributed by atoms with Crippen LogP contribution in [0.5, 0.6) is 0 Å². The Hall–Kier alpha value is -3.15. The van der Waals surface area contributed by atoms with Crippen LogP contribution in [0.4, 0.5) is 5.69 Å². The maximum absolute atomic E-state index is 12.8. The summed E-state index contributed by atoms with van der Waals surface area (Å²) in [4.78, 5) is 17.1. The van der Waals surface area contributed by atoms with Gasteiger partial charge in [-0.25, -0.2) is 0 Å². The minimum atomic E-state index is -0.264. The number of anilines is 1. The number of amides is 1. The average Bonchev–Trinajstić information content (AvgIpc) is 3.21. The topological polar surface area (TPSA) is 64.4 Å². The number of furan rings is 1. The summed E-state index contributed by atoms with van der Waals surface area (Å²) in [5.41, 5.74) is 2.66. The summed E-state index contributed by atoms with van der Waals surface area (Å²) in [5, 5.41) is 4.22. The van der Waals surface area contributed by atoms with Crippen molar-refractivity contribution in [2.24, 2.45) is 0 Å². The largest absolute Gasteiger partial charge is 0.467 e. The average molecular weight is 393 g/mol. The lowest BCUT2D eigenvalue weighted by molar-refractivity contribution is 0.0929. The molecule has 28 heavy (non-hydrogen) atoms. The first kappa shape index (κ1) is 18.2. The monoisotopic (exact) mass is 392 g/mol. The maximum Gasteiger partial charge on any atom is 0.257 e. The molecule has 2 aromatic carbocycles. The van der Waals surface area contributed by atoms with E-state index in [1.54, 1.807) is 24.6 Å². The molecule has 0 unspecified atom stereocenters. The third kappa shape index (κ3) is 4.22. The zero-order valence-electron chi connectivity index (χ0n) is 14.9. The van der Waals surface area contributed by atoms with E-state index in [1.165, 1.54) is 0 Å². The van der Waals surface area contributed by atoms with Crippen LogP contribution in [0, 0.1) is 0 Å². The van der Waals surface area contributed by atoms with E-state index < -0.39 is 0 Å². The highest BCUT2D eigenvalue weighted by atomic mass is 35.5. The summed E-state index contributed by atoms with van der Waals surface area (Å²) in [7, 11) is 0. The zero-order valence-corrected chi connectivity index (χ0v) is 15.6. The van der Waals surface area contributed by atoms with Gasteiger partial charge in [0.15, 0.2) is 0 Å². The number of hydrogen-bond acceptors (Lipinski definition) is 4. The molecule has 6 heteroatoms. The van der Waals surface area contributed by atoms with Gasteiger partial charge >= 0.3 is 0 Å². The van der Waals surface area contributed by atoms with Crippen molar-refractivity contribution in [1.82, 2.24) is 4.98 Å². The first-order valence-electron chi connectivity index (χ1n) is 8.74. The fraction of sp³-hybridized carbons (Fsp3) is 0.0909. The number of rotatable bonds is 6. The zero-order chi connectivity index (χ0) is 19.3. The normalized spacial score (nSPS) is 10.9. The molecule has 0 atom stereocenters. The van der Waals surface area contributed by atoms with E-state index >= 15 is 0 Å². The number of aromatic nitrogens is 1. The van der Waals surface area contributed by atoms with Crippen LogP contribution in [0.15, 0.2) is 77.5 Å². The number of nitrogens with zero attached hydrogens (tertiary/aromatic N) is 1. The maximum atomic E-state index is 12.8. The van der Waals surface area contributed by atoms with Crippen molar-refractivity contribution in [2.45, 2.75) is 13.2 Å². The molecular weight excluding hydrogens is 376 g/mol. The summed E-state index contributed by atoms with van der Waals surface area (Å²) in [6.45, 7) is 0.801. The fourth-order valence-electron chi connectivity index (χ4n) is 2.93. The number of benzene rings is 2. The Morgan fingerprint density at radius 1 is 1.07 bits per heavy atom. The predicted molar refractivity (Wildman–Crippen MR) is 108 cm³/mol. The lowest BCUT2D eigenvalue weighted by Crippen LogP contribution is -2.13. The van der Waals surface area contributed by atoms with Gasteiger partial charge in [0.1, 0.15) is 12.4 Å². The highest BCUT2D eigenvalue weighted by Crippen LogP contribution is 2.23. The molecule has 1 amide bonds. The van der Waals surface area contributed by atoms with Gasteiger partial charge in [-0.3, -0.25) is 9.78 Å². The molecule has 0 aliphatic carbocycles. The molecule has 0 bridgehead atoms. The third-order valence-electron chi connectivity index (χ3n) is 4.19. The number of fused-ring (bicyclic) bond motifs is 1. The van der Waals surface area contributed by atoms with Gasteiger partial charge in [0.25, 0.3) is 5.91 Å². The second-order valence-corrected chi connectivity index (χ2v) is 6.69. The molecule has 0 spiro atoms. The molecule has 0 aliphatic rings. The number of nitrogens with one attached hydrogen (secondary N) is 1. The number of halogens is 1. The lowest BCUT2D eigenvalue weighted by atomic mass is 10.1. The molecule has 0 saturated carbocycles. The van der Waals surface area contributed by atoms with Gasteiger partial charge in [0.05, 0.1) is 24.0 Å². The van der Waals surface area contributed by atoms with Crippen LogP contribution in [0.3, 0.4) is 0 Å². The number of ether oxygens (including phenoxy) is 1. The van der Waals surface area contributed by atoms with E-state index in [9.17, 15) is 4.79 Å². The second-order valence-electron chi connectivity index (χ2n) is 6.26. The molecule has 5 nitrogen and oxygen atoms in total. The Morgan fingerprint density at radius 2 is 2.00 bits per heavy atom. The summed E-state index contributed by atoms with van der Waals surface area (Å²) in [6.07, 6.45) is 3.27. The smallest absolute Gasteiger partial charge is 0.257 e. The van der Waals surface area contributed by atoms with E-state index in [1.807, 2.05) is 48.5 Å². The van der Waals surface area contributed by atoms with Crippen molar-refractivity contribution < 1.29 is 13.9 Å². The van der Waals surface area contributed by atoms with Gasteiger partial charge in [-0.1, -0.05) is 29.8 Å². The van der Waals surface area contributed by atoms with Gasteiger partial charge in [0, 0.05) is 22.3 Å². The highest BCUT2D eigenvalue weighted by molar-refractivity contribution is 6.32. The standard InChI is InChI=1S/C22H17ClN2O3/c23-17-11-16-5-2-8-24-21(16)20(12-17)22(26)25-18-6-1-4-15(10-18)13-27-14-19-7-3-9-28-19/h1-12H,13-14H2,(H,25,26). The van der Waals surface area contributed by atoms with Crippen molar-refractivity contribution >= 4 is 34.1 Å². The van der Waals surface area contributed by atoms with Crippen LogP contribution >= 0.6 is 11.6 Å². The lowest BCUT2D eigenvalue weighted by Gasteiger charge is -2.10. The van der Waals surface area contributed by atoms with Gasteiger partial charge in [-0.15, -0.1) is 0 Å². The Morgan fingerprint density at radius 3 is 2.86 bits per heavy atom. The molecule has 0 aliphatic heterocycles. The number of carbonyl (C=O) groups is 1. The Kier molecular flexibility index (Phi) is 5.37. The number of carbonyl (C=O) groups excluding carboxylic acids is 1. The van der Waals surface area contributed by atoms with Gasteiger partial charge < -0.3 is 14.5 Å². The minimum Gasteiger partial charge on any atom is -0.467 e.